The third kappa shape index (κ3) is 4.24. The van der Waals surface area contributed by atoms with E-state index in [9.17, 15) is 0 Å². The molecule has 1 heterocycles. The summed E-state index contributed by atoms with van der Waals surface area (Å²) in [7, 11) is 0. The Morgan fingerprint density at radius 3 is 2.75 bits per heavy atom. The van der Waals surface area contributed by atoms with Crippen molar-refractivity contribution in [2.45, 2.75) is 70.3 Å². The van der Waals surface area contributed by atoms with Crippen LogP contribution in [0.4, 0.5) is 0 Å². The van der Waals surface area contributed by atoms with Crippen LogP contribution in [0.5, 0.6) is 5.75 Å². The molecule has 0 radical (unpaired) electrons. The van der Waals surface area contributed by atoms with Crippen molar-refractivity contribution >= 4 is 0 Å². The lowest BCUT2D eigenvalue weighted by Crippen LogP contribution is -2.32. The predicted octanol–water partition coefficient (Wildman–Crippen LogP) is 4.63. The van der Waals surface area contributed by atoms with Crippen LogP contribution in [0, 0.1) is 0 Å². The number of hydrogen-bond donors (Lipinski definition) is 1. The van der Waals surface area contributed by atoms with E-state index in [1.54, 1.807) is 0 Å². The van der Waals surface area contributed by atoms with E-state index in [0.717, 1.165) is 25.2 Å². The fourth-order valence-corrected chi connectivity index (χ4v) is 3.18. The Morgan fingerprint density at radius 2 is 1.90 bits per heavy atom. The van der Waals surface area contributed by atoms with E-state index in [1.807, 2.05) is 6.07 Å². The second kappa shape index (κ2) is 8.31. The number of unbranched alkanes of at least 4 members (excludes halogenated alkanes) is 5. The zero-order valence-corrected chi connectivity index (χ0v) is 12.8. The SMILES string of the molecule is CCCCCCCCC(N)C1CCOc2ccccc21. The van der Waals surface area contributed by atoms with Gasteiger partial charge in [0.1, 0.15) is 5.75 Å². The Hall–Kier alpha value is -1.02. The van der Waals surface area contributed by atoms with Crippen molar-refractivity contribution in [1.29, 1.82) is 0 Å². The number of rotatable bonds is 8. The zero-order valence-electron chi connectivity index (χ0n) is 12.8. The Morgan fingerprint density at radius 1 is 1.15 bits per heavy atom. The summed E-state index contributed by atoms with van der Waals surface area (Å²) in [5.41, 5.74) is 7.77. The van der Waals surface area contributed by atoms with Crippen molar-refractivity contribution in [3.8, 4) is 5.75 Å². The van der Waals surface area contributed by atoms with E-state index in [-0.39, 0.29) is 6.04 Å². The van der Waals surface area contributed by atoms with Crippen LogP contribution in [-0.4, -0.2) is 12.6 Å². The highest BCUT2D eigenvalue weighted by Crippen LogP contribution is 2.36. The van der Waals surface area contributed by atoms with Crippen LogP contribution in [0.25, 0.3) is 0 Å². The molecule has 20 heavy (non-hydrogen) atoms. The van der Waals surface area contributed by atoms with Crippen molar-refractivity contribution in [3.63, 3.8) is 0 Å². The predicted molar refractivity (Wildman–Crippen MR) is 85.3 cm³/mol. The molecule has 0 bridgehead atoms. The van der Waals surface area contributed by atoms with Crippen LogP contribution in [0.3, 0.4) is 0 Å². The lowest BCUT2D eigenvalue weighted by molar-refractivity contribution is 0.251. The van der Waals surface area contributed by atoms with Gasteiger partial charge < -0.3 is 10.5 Å². The van der Waals surface area contributed by atoms with Gasteiger partial charge in [-0.1, -0.05) is 63.6 Å². The Bertz CT molecular complexity index is 391. The molecule has 1 aliphatic rings. The van der Waals surface area contributed by atoms with Crippen LogP contribution >= 0.6 is 0 Å². The Balaban J connectivity index is 1.77. The van der Waals surface area contributed by atoms with Gasteiger partial charge in [-0.05, 0) is 24.5 Å². The molecule has 0 amide bonds. The minimum atomic E-state index is 0.284. The highest BCUT2D eigenvalue weighted by atomic mass is 16.5. The van der Waals surface area contributed by atoms with Crippen molar-refractivity contribution < 1.29 is 4.74 Å². The summed E-state index contributed by atoms with van der Waals surface area (Å²) in [6, 6.07) is 8.67. The molecule has 0 aromatic heterocycles. The molecule has 0 spiro atoms. The fourth-order valence-electron chi connectivity index (χ4n) is 3.18. The zero-order chi connectivity index (χ0) is 14.2. The summed E-state index contributed by atoms with van der Waals surface area (Å²) in [4.78, 5) is 0. The first-order valence-corrected chi connectivity index (χ1v) is 8.30. The monoisotopic (exact) mass is 275 g/mol. The highest BCUT2D eigenvalue weighted by molar-refractivity contribution is 5.38. The molecule has 2 unspecified atom stereocenters. The average Bonchev–Trinajstić information content (AvgIpc) is 2.50. The minimum Gasteiger partial charge on any atom is -0.493 e. The van der Waals surface area contributed by atoms with Gasteiger partial charge in [-0.2, -0.15) is 0 Å². The number of fused-ring (bicyclic) bond motifs is 1. The summed E-state index contributed by atoms with van der Waals surface area (Å²) < 4.78 is 5.72. The van der Waals surface area contributed by atoms with Gasteiger partial charge in [-0.25, -0.2) is 0 Å². The molecule has 0 fully saturated rings. The molecule has 1 aromatic rings. The lowest BCUT2D eigenvalue weighted by Gasteiger charge is -2.30. The van der Waals surface area contributed by atoms with Gasteiger partial charge in [0.2, 0.25) is 0 Å². The fraction of sp³-hybridized carbons (Fsp3) is 0.667. The first-order chi connectivity index (χ1) is 9.83. The Labute approximate surface area is 123 Å². The molecule has 2 N–H and O–H groups in total. The first kappa shape index (κ1) is 15.4. The largest absolute Gasteiger partial charge is 0.493 e. The first-order valence-electron chi connectivity index (χ1n) is 8.30. The van der Waals surface area contributed by atoms with Gasteiger partial charge in [0.15, 0.2) is 0 Å². The van der Waals surface area contributed by atoms with Crippen molar-refractivity contribution in [3.05, 3.63) is 29.8 Å². The summed E-state index contributed by atoms with van der Waals surface area (Å²) in [6.07, 6.45) is 10.2. The number of benzene rings is 1. The van der Waals surface area contributed by atoms with Gasteiger partial charge in [0.25, 0.3) is 0 Å². The van der Waals surface area contributed by atoms with Gasteiger partial charge in [-0.15, -0.1) is 0 Å². The molecule has 1 aromatic carbocycles. The number of hydrogen-bond acceptors (Lipinski definition) is 2. The molecule has 2 atom stereocenters. The molecule has 2 nitrogen and oxygen atoms in total. The molecule has 0 saturated carbocycles. The second-order valence-electron chi connectivity index (χ2n) is 6.00. The normalized spacial score (nSPS) is 19.2. The van der Waals surface area contributed by atoms with Gasteiger partial charge in [-0.3, -0.25) is 0 Å². The molecule has 0 aliphatic carbocycles. The molecular formula is C18H29NO. The topological polar surface area (TPSA) is 35.2 Å². The van der Waals surface area contributed by atoms with E-state index in [0.29, 0.717) is 5.92 Å². The minimum absolute atomic E-state index is 0.284. The van der Waals surface area contributed by atoms with E-state index < -0.39 is 0 Å². The maximum atomic E-state index is 6.45. The maximum absolute atomic E-state index is 6.45. The summed E-state index contributed by atoms with van der Waals surface area (Å²) in [6.45, 7) is 3.07. The van der Waals surface area contributed by atoms with Crippen molar-refractivity contribution in [2.24, 2.45) is 5.73 Å². The summed E-state index contributed by atoms with van der Waals surface area (Å²) >= 11 is 0. The van der Waals surface area contributed by atoms with Crippen LogP contribution in [0.1, 0.15) is 69.8 Å². The number of para-hydroxylation sites is 1. The van der Waals surface area contributed by atoms with Crippen LogP contribution in [0.15, 0.2) is 24.3 Å². The number of nitrogens with two attached hydrogens (primary N) is 1. The Kier molecular flexibility index (Phi) is 6.38. The molecule has 112 valence electrons. The number of ether oxygens (including phenoxy) is 1. The summed E-state index contributed by atoms with van der Waals surface area (Å²) in [5, 5.41) is 0. The van der Waals surface area contributed by atoms with E-state index in [4.69, 9.17) is 10.5 Å². The van der Waals surface area contributed by atoms with Crippen molar-refractivity contribution in [1.82, 2.24) is 0 Å². The lowest BCUT2D eigenvalue weighted by atomic mass is 9.84. The molecule has 2 rings (SSSR count). The van der Waals surface area contributed by atoms with Crippen LogP contribution in [-0.2, 0) is 0 Å². The van der Waals surface area contributed by atoms with Gasteiger partial charge in [0, 0.05) is 12.0 Å². The third-order valence-electron chi connectivity index (χ3n) is 4.41. The van der Waals surface area contributed by atoms with Crippen LogP contribution < -0.4 is 10.5 Å². The molecule has 0 saturated heterocycles. The van der Waals surface area contributed by atoms with Crippen LogP contribution in [0.2, 0.25) is 0 Å². The average molecular weight is 275 g/mol. The quantitative estimate of drug-likeness (QED) is 0.702. The third-order valence-corrected chi connectivity index (χ3v) is 4.41. The van der Waals surface area contributed by atoms with E-state index in [1.165, 1.54) is 44.1 Å². The van der Waals surface area contributed by atoms with E-state index in [2.05, 4.69) is 25.1 Å². The molecule has 1 aliphatic heterocycles. The second-order valence-corrected chi connectivity index (χ2v) is 6.00. The molecule has 2 heteroatoms. The standard InChI is InChI=1S/C18H29NO/c1-2-3-4-5-6-7-11-17(19)15-13-14-20-18-12-9-8-10-16(15)18/h8-10,12,15,17H,2-7,11,13-14,19H2,1H3. The van der Waals surface area contributed by atoms with Gasteiger partial charge >= 0.3 is 0 Å². The van der Waals surface area contributed by atoms with Crippen molar-refractivity contribution in [2.75, 3.05) is 6.61 Å². The molecular weight excluding hydrogens is 246 g/mol. The smallest absolute Gasteiger partial charge is 0.122 e. The summed E-state index contributed by atoms with van der Waals surface area (Å²) in [5.74, 6) is 1.53. The van der Waals surface area contributed by atoms with E-state index >= 15 is 0 Å². The van der Waals surface area contributed by atoms with Gasteiger partial charge in [0.05, 0.1) is 6.61 Å². The maximum Gasteiger partial charge on any atom is 0.122 e. The highest BCUT2D eigenvalue weighted by Gasteiger charge is 2.25.